The molecule has 0 unspecified atom stereocenters. The zero-order valence-corrected chi connectivity index (χ0v) is 24.8. The van der Waals surface area contributed by atoms with Crippen LogP contribution in [-0.4, -0.2) is 41.9 Å². The molecule has 0 radical (unpaired) electrons. The molecule has 0 fully saturated rings. The number of rotatable bonds is 13. The van der Waals surface area contributed by atoms with E-state index in [2.05, 4.69) is 122 Å². The van der Waals surface area contributed by atoms with Crippen LogP contribution >= 0.6 is 0 Å². The summed E-state index contributed by atoms with van der Waals surface area (Å²) < 4.78 is 0. The van der Waals surface area contributed by atoms with E-state index in [1.807, 2.05) is 4.90 Å². The summed E-state index contributed by atoms with van der Waals surface area (Å²) in [5.74, 6) is 0.584. The second kappa shape index (κ2) is 14.3. The third-order valence-electron chi connectivity index (χ3n) is 8.42. The SMILES string of the molecule is CCCN(CCCc1ccc2c(c1)C(=O)N(Cc1cccc(C)c1)CC2)CCC(c1ccccc1)c1ccccc1. The fraction of sp³-hybridized carbons (Fsp3) is 0.342. The maximum absolute atomic E-state index is 13.4. The third-order valence-corrected chi connectivity index (χ3v) is 8.42. The number of nitrogens with zero attached hydrogens (tertiary/aromatic N) is 2. The van der Waals surface area contributed by atoms with Gasteiger partial charge in [-0.2, -0.15) is 0 Å². The smallest absolute Gasteiger partial charge is 0.254 e. The predicted molar refractivity (Wildman–Crippen MR) is 170 cm³/mol. The zero-order valence-electron chi connectivity index (χ0n) is 24.8. The molecule has 4 aromatic rings. The molecular formula is C38H44N2O. The molecule has 0 spiro atoms. The van der Waals surface area contributed by atoms with E-state index in [0.29, 0.717) is 12.5 Å². The van der Waals surface area contributed by atoms with Crippen molar-refractivity contribution in [3.05, 3.63) is 142 Å². The van der Waals surface area contributed by atoms with Crippen molar-refractivity contribution < 1.29 is 4.79 Å². The van der Waals surface area contributed by atoms with Crippen LogP contribution in [0.5, 0.6) is 0 Å². The van der Waals surface area contributed by atoms with Crippen molar-refractivity contribution in [2.45, 2.75) is 58.4 Å². The number of carbonyl (C=O) groups is 1. The lowest BCUT2D eigenvalue weighted by Gasteiger charge is -2.29. The Kier molecular flexibility index (Phi) is 10.0. The molecule has 1 heterocycles. The summed E-state index contributed by atoms with van der Waals surface area (Å²) in [6.07, 6.45) is 5.30. The third kappa shape index (κ3) is 7.74. The van der Waals surface area contributed by atoms with E-state index in [1.54, 1.807) is 0 Å². The lowest BCUT2D eigenvalue weighted by atomic mass is 9.88. The average molecular weight is 545 g/mol. The van der Waals surface area contributed by atoms with Crippen LogP contribution in [-0.2, 0) is 19.4 Å². The maximum Gasteiger partial charge on any atom is 0.254 e. The van der Waals surface area contributed by atoms with E-state index in [9.17, 15) is 4.79 Å². The summed E-state index contributed by atoms with van der Waals surface area (Å²) in [7, 11) is 0. The van der Waals surface area contributed by atoms with Gasteiger partial charge in [0.1, 0.15) is 0 Å². The van der Waals surface area contributed by atoms with E-state index < -0.39 is 0 Å². The molecule has 4 aromatic carbocycles. The summed E-state index contributed by atoms with van der Waals surface area (Å²) >= 11 is 0. The first-order valence-electron chi connectivity index (χ1n) is 15.4. The summed E-state index contributed by atoms with van der Waals surface area (Å²) in [5, 5.41) is 0. The molecule has 41 heavy (non-hydrogen) atoms. The van der Waals surface area contributed by atoms with Crippen molar-refractivity contribution in [1.82, 2.24) is 9.80 Å². The van der Waals surface area contributed by atoms with Crippen LogP contribution in [0.4, 0.5) is 0 Å². The molecule has 1 aliphatic rings. The minimum atomic E-state index is 0.176. The van der Waals surface area contributed by atoms with Gasteiger partial charge in [-0.25, -0.2) is 0 Å². The molecule has 0 aliphatic carbocycles. The van der Waals surface area contributed by atoms with E-state index in [-0.39, 0.29) is 5.91 Å². The van der Waals surface area contributed by atoms with Gasteiger partial charge in [0, 0.05) is 24.6 Å². The largest absolute Gasteiger partial charge is 0.334 e. The summed E-state index contributed by atoms with van der Waals surface area (Å²) in [6, 6.07) is 37.0. The monoisotopic (exact) mass is 544 g/mol. The van der Waals surface area contributed by atoms with Crippen LogP contribution in [0.1, 0.15) is 75.8 Å². The first-order valence-corrected chi connectivity index (χ1v) is 15.4. The quantitative estimate of drug-likeness (QED) is 0.170. The predicted octanol–water partition coefficient (Wildman–Crippen LogP) is 8.06. The molecule has 0 aromatic heterocycles. The second-order valence-corrected chi connectivity index (χ2v) is 11.6. The van der Waals surface area contributed by atoms with Gasteiger partial charge in [0.25, 0.3) is 5.91 Å². The van der Waals surface area contributed by atoms with Crippen LogP contribution in [0.25, 0.3) is 0 Å². The number of hydrogen-bond acceptors (Lipinski definition) is 2. The van der Waals surface area contributed by atoms with Crippen molar-refractivity contribution in [3.8, 4) is 0 Å². The number of fused-ring (bicyclic) bond motifs is 1. The van der Waals surface area contributed by atoms with Crippen molar-refractivity contribution in [2.24, 2.45) is 0 Å². The fourth-order valence-corrected chi connectivity index (χ4v) is 6.27. The molecule has 5 rings (SSSR count). The molecule has 1 aliphatic heterocycles. The topological polar surface area (TPSA) is 23.6 Å². The Balaban J connectivity index is 1.19. The van der Waals surface area contributed by atoms with Crippen LogP contribution < -0.4 is 0 Å². The Morgan fingerprint density at radius 1 is 0.780 bits per heavy atom. The Hall–Kier alpha value is -3.69. The molecule has 0 atom stereocenters. The molecule has 0 saturated carbocycles. The van der Waals surface area contributed by atoms with Crippen LogP contribution in [0.3, 0.4) is 0 Å². The number of amides is 1. The summed E-state index contributed by atoms with van der Waals surface area (Å²) in [4.78, 5) is 18.1. The van der Waals surface area contributed by atoms with Gasteiger partial charge >= 0.3 is 0 Å². The molecule has 1 amide bonds. The molecular weight excluding hydrogens is 500 g/mol. The van der Waals surface area contributed by atoms with Gasteiger partial charge in [0.15, 0.2) is 0 Å². The van der Waals surface area contributed by atoms with Gasteiger partial charge in [-0.1, -0.05) is 110 Å². The highest BCUT2D eigenvalue weighted by Crippen LogP contribution is 2.28. The molecule has 3 heteroatoms. The molecule has 0 bridgehead atoms. The minimum absolute atomic E-state index is 0.176. The van der Waals surface area contributed by atoms with Crippen molar-refractivity contribution in [3.63, 3.8) is 0 Å². The Morgan fingerprint density at radius 2 is 1.51 bits per heavy atom. The molecule has 0 saturated heterocycles. The Labute approximate surface area is 246 Å². The van der Waals surface area contributed by atoms with E-state index in [0.717, 1.165) is 63.8 Å². The Morgan fingerprint density at radius 3 is 2.20 bits per heavy atom. The van der Waals surface area contributed by atoms with Gasteiger partial charge < -0.3 is 9.80 Å². The number of hydrogen-bond donors (Lipinski definition) is 0. The number of aryl methyl sites for hydroxylation is 2. The van der Waals surface area contributed by atoms with Crippen molar-refractivity contribution in [2.75, 3.05) is 26.2 Å². The standard InChI is InChI=1S/C38H44N2O/c1-3-23-39(25-22-36(33-15-6-4-7-16-33)34-17-8-5-9-18-34)24-11-14-31-19-20-35-21-26-40(38(41)37(35)28-31)29-32-13-10-12-30(2)27-32/h4-10,12-13,15-20,27-28,36H,3,11,14,21-26,29H2,1-2H3. The highest BCUT2D eigenvalue weighted by molar-refractivity contribution is 5.97. The first-order chi connectivity index (χ1) is 20.1. The Bertz CT molecular complexity index is 1360. The van der Waals surface area contributed by atoms with E-state index >= 15 is 0 Å². The summed E-state index contributed by atoms with van der Waals surface area (Å²) in [5.41, 5.74) is 8.60. The normalized spacial score (nSPS) is 13.2. The maximum atomic E-state index is 13.4. The number of benzene rings is 4. The lowest BCUT2D eigenvalue weighted by Crippen LogP contribution is -2.37. The second-order valence-electron chi connectivity index (χ2n) is 11.6. The van der Waals surface area contributed by atoms with Gasteiger partial charge in [-0.15, -0.1) is 0 Å². The summed E-state index contributed by atoms with van der Waals surface area (Å²) in [6.45, 7) is 9.13. The van der Waals surface area contributed by atoms with Crippen molar-refractivity contribution in [1.29, 1.82) is 0 Å². The van der Waals surface area contributed by atoms with Gasteiger partial charge in [0.05, 0.1) is 0 Å². The van der Waals surface area contributed by atoms with Gasteiger partial charge in [0.2, 0.25) is 0 Å². The van der Waals surface area contributed by atoms with Crippen LogP contribution in [0.2, 0.25) is 0 Å². The van der Waals surface area contributed by atoms with Crippen LogP contribution in [0, 0.1) is 6.92 Å². The van der Waals surface area contributed by atoms with E-state index in [4.69, 9.17) is 0 Å². The van der Waals surface area contributed by atoms with Crippen LogP contribution in [0.15, 0.2) is 103 Å². The molecule has 0 N–H and O–H groups in total. The molecule has 3 nitrogen and oxygen atoms in total. The zero-order chi connectivity index (χ0) is 28.4. The van der Waals surface area contributed by atoms with E-state index in [1.165, 1.54) is 33.4 Å². The number of carbonyl (C=O) groups excluding carboxylic acids is 1. The first kappa shape index (κ1) is 28.8. The average Bonchev–Trinajstić information content (AvgIpc) is 3.00. The minimum Gasteiger partial charge on any atom is -0.334 e. The highest BCUT2D eigenvalue weighted by atomic mass is 16.2. The lowest BCUT2D eigenvalue weighted by molar-refractivity contribution is 0.0727. The van der Waals surface area contributed by atoms with Gasteiger partial charge in [-0.05, 0) is 92.5 Å². The fourth-order valence-electron chi connectivity index (χ4n) is 6.27. The van der Waals surface area contributed by atoms with Gasteiger partial charge in [-0.3, -0.25) is 4.79 Å². The highest BCUT2D eigenvalue weighted by Gasteiger charge is 2.24. The van der Waals surface area contributed by atoms with Crippen molar-refractivity contribution >= 4 is 5.91 Å². The molecule has 212 valence electrons.